The van der Waals surface area contributed by atoms with Gasteiger partial charge in [-0.15, -0.1) is 0 Å². The van der Waals surface area contributed by atoms with Gasteiger partial charge in [-0.2, -0.15) is 11.8 Å². The van der Waals surface area contributed by atoms with Crippen LogP contribution in [0.1, 0.15) is 31.9 Å². The highest BCUT2D eigenvalue weighted by Crippen LogP contribution is 2.31. The summed E-state index contributed by atoms with van der Waals surface area (Å²) in [6, 6.07) is 8.26. The Morgan fingerprint density at radius 3 is 2.94 bits per heavy atom. The summed E-state index contributed by atoms with van der Waals surface area (Å²) in [5.41, 5.74) is 2.29. The number of rotatable bonds is 3. The minimum absolute atomic E-state index is 0.337. The molecule has 0 saturated carbocycles. The summed E-state index contributed by atoms with van der Waals surface area (Å²) in [6.45, 7) is 6.46. The fourth-order valence-corrected chi connectivity index (χ4v) is 3.33. The van der Waals surface area contributed by atoms with Crippen LogP contribution in [0.5, 0.6) is 0 Å². The third-order valence-electron chi connectivity index (χ3n) is 3.26. The monoisotopic (exact) mass is 251 g/mol. The summed E-state index contributed by atoms with van der Waals surface area (Å²) < 4.78 is 0. The van der Waals surface area contributed by atoms with E-state index in [1.807, 2.05) is 24.8 Å². The lowest BCUT2D eigenvalue weighted by Gasteiger charge is -2.34. The van der Waals surface area contributed by atoms with Crippen LogP contribution in [0, 0.1) is 0 Å². The van der Waals surface area contributed by atoms with Crippen LogP contribution < -0.4 is 4.90 Å². The van der Waals surface area contributed by atoms with E-state index in [2.05, 4.69) is 30.0 Å². The molecule has 0 amide bonds. The Hall–Kier alpha value is -0.670. The lowest BCUT2D eigenvalue weighted by molar-refractivity contribution is 0.174. The van der Waals surface area contributed by atoms with Gasteiger partial charge in [0, 0.05) is 35.3 Å². The number of hydrogen-bond donors (Lipinski definition) is 1. The number of nitrogens with zero attached hydrogens (tertiary/aromatic N) is 1. The third-order valence-corrected chi connectivity index (χ3v) is 4.40. The zero-order valence-electron chi connectivity index (χ0n) is 10.6. The molecule has 0 bridgehead atoms. The molecule has 0 aromatic heterocycles. The summed E-state index contributed by atoms with van der Waals surface area (Å²) in [4.78, 5) is 2.41. The second kappa shape index (κ2) is 5.78. The van der Waals surface area contributed by atoms with Crippen LogP contribution in [0.25, 0.3) is 0 Å². The lowest BCUT2D eigenvalue weighted by Crippen LogP contribution is -2.37. The van der Waals surface area contributed by atoms with Crippen LogP contribution >= 0.6 is 11.8 Å². The van der Waals surface area contributed by atoms with Gasteiger partial charge in [0.1, 0.15) is 0 Å². The zero-order chi connectivity index (χ0) is 12.3. The van der Waals surface area contributed by atoms with E-state index >= 15 is 0 Å². The molecule has 94 valence electrons. The minimum atomic E-state index is -0.337. The highest BCUT2D eigenvalue weighted by Gasteiger charge is 2.20. The van der Waals surface area contributed by atoms with Gasteiger partial charge in [-0.25, -0.2) is 0 Å². The quantitative estimate of drug-likeness (QED) is 0.893. The summed E-state index contributed by atoms with van der Waals surface area (Å²) in [7, 11) is 0. The van der Waals surface area contributed by atoms with Crippen molar-refractivity contribution in [2.45, 2.75) is 31.6 Å². The van der Waals surface area contributed by atoms with Gasteiger partial charge in [0.15, 0.2) is 0 Å². The zero-order valence-corrected chi connectivity index (χ0v) is 11.4. The van der Waals surface area contributed by atoms with Gasteiger partial charge in [0.2, 0.25) is 0 Å². The van der Waals surface area contributed by atoms with Gasteiger partial charge >= 0.3 is 0 Å². The van der Waals surface area contributed by atoms with Gasteiger partial charge in [0.25, 0.3) is 0 Å². The summed E-state index contributed by atoms with van der Waals surface area (Å²) in [6.07, 6.45) is 0.436. The standard InChI is InChI=1S/C14H21NOS/c1-3-14(16)12-6-4-5-7-13(12)15-8-9-17-11(2)10-15/h4-7,11,14,16H,3,8-10H2,1-2H3/t11?,14-/m0/s1. The predicted octanol–water partition coefficient (Wildman–Crippen LogP) is 3.07. The summed E-state index contributed by atoms with van der Waals surface area (Å²) in [5, 5.41) is 10.8. The Labute approximate surface area is 108 Å². The van der Waals surface area contributed by atoms with Gasteiger partial charge in [-0.3, -0.25) is 0 Å². The van der Waals surface area contributed by atoms with Gasteiger partial charge in [-0.05, 0) is 12.5 Å². The van der Waals surface area contributed by atoms with E-state index in [4.69, 9.17) is 0 Å². The summed E-state index contributed by atoms with van der Waals surface area (Å²) in [5.74, 6) is 1.18. The first-order valence-electron chi connectivity index (χ1n) is 6.36. The molecule has 1 aliphatic heterocycles. The number of anilines is 1. The molecule has 1 heterocycles. The Balaban J connectivity index is 2.24. The van der Waals surface area contributed by atoms with Crippen LogP contribution in [0.4, 0.5) is 5.69 Å². The van der Waals surface area contributed by atoms with E-state index in [0.29, 0.717) is 5.25 Å². The number of aliphatic hydroxyl groups excluding tert-OH is 1. The molecular weight excluding hydrogens is 230 g/mol. The molecule has 0 radical (unpaired) electrons. The molecule has 1 aromatic carbocycles. The maximum Gasteiger partial charge on any atom is 0.0807 e. The molecule has 1 unspecified atom stereocenters. The molecule has 1 fully saturated rings. The average molecular weight is 251 g/mol. The van der Waals surface area contributed by atoms with Crippen LogP contribution in [-0.2, 0) is 0 Å². The van der Waals surface area contributed by atoms with E-state index < -0.39 is 0 Å². The van der Waals surface area contributed by atoms with Gasteiger partial charge in [-0.1, -0.05) is 32.0 Å². The minimum Gasteiger partial charge on any atom is -0.388 e. The lowest BCUT2D eigenvalue weighted by atomic mass is 10.0. The van der Waals surface area contributed by atoms with Crippen molar-refractivity contribution in [1.29, 1.82) is 0 Å². The largest absolute Gasteiger partial charge is 0.388 e. The summed E-state index contributed by atoms with van der Waals surface area (Å²) >= 11 is 2.03. The molecule has 17 heavy (non-hydrogen) atoms. The maximum atomic E-state index is 10.1. The first-order chi connectivity index (χ1) is 8.22. The van der Waals surface area contributed by atoms with Crippen molar-refractivity contribution in [1.82, 2.24) is 0 Å². The topological polar surface area (TPSA) is 23.5 Å². The third kappa shape index (κ3) is 2.96. The molecule has 1 aromatic rings. The van der Waals surface area contributed by atoms with E-state index in [-0.39, 0.29) is 6.10 Å². The Bertz CT molecular complexity index is 369. The van der Waals surface area contributed by atoms with E-state index in [1.165, 1.54) is 11.4 Å². The highest BCUT2D eigenvalue weighted by molar-refractivity contribution is 8.00. The first kappa shape index (κ1) is 12.8. The second-order valence-electron chi connectivity index (χ2n) is 4.61. The number of para-hydroxylation sites is 1. The number of benzene rings is 1. The molecule has 0 spiro atoms. The number of thioether (sulfide) groups is 1. The fraction of sp³-hybridized carbons (Fsp3) is 0.571. The van der Waals surface area contributed by atoms with E-state index in [0.717, 1.165) is 25.1 Å². The van der Waals surface area contributed by atoms with Crippen molar-refractivity contribution < 1.29 is 5.11 Å². The molecule has 2 rings (SSSR count). The first-order valence-corrected chi connectivity index (χ1v) is 7.40. The van der Waals surface area contributed by atoms with Crippen molar-refractivity contribution in [3.05, 3.63) is 29.8 Å². The van der Waals surface area contributed by atoms with Crippen LogP contribution in [0.3, 0.4) is 0 Å². The van der Waals surface area contributed by atoms with Gasteiger partial charge in [0.05, 0.1) is 6.10 Å². The van der Waals surface area contributed by atoms with Crippen LogP contribution in [-0.4, -0.2) is 29.2 Å². The van der Waals surface area contributed by atoms with Crippen molar-refractivity contribution in [3.63, 3.8) is 0 Å². The second-order valence-corrected chi connectivity index (χ2v) is 6.16. The Morgan fingerprint density at radius 2 is 2.24 bits per heavy atom. The maximum absolute atomic E-state index is 10.1. The highest BCUT2D eigenvalue weighted by atomic mass is 32.2. The van der Waals surface area contributed by atoms with Crippen LogP contribution in [0.15, 0.2) is 24.3 Å². The molecule has 1 saturated heterocycles. The molecule has 1 N–H and O–H groups in total. The molecule has 0 aliphatic carbocycles. The Kier molecular flexibility index (Phi) is 4.35. The fourth-order valence-electron chi connectivity index (χ4n) is 2.31. The molecule has 1 aliphatic rings. The average Bonchev–Trinajstić information content (AvgIpc) is 2.38. The number of aliphatic hydroxyl groups is 1. The Morgan fingerprint density at radius 1 is 1.47 bits per heavy atom. The molecule has 3 heteroatoms. The van der Waals surface area contributed by atoms with Gasteiger partial charge < -0.3 is 10.0 Å². The van der Waals surface area contributed by atoms with Crippen molar-refractivity contribution in [3.8, 4) is 0 Å². The SMILES string of the molecule is CC[C@H](O)c1ccccc1N1CCSC(C)C1. The molecular formula is C14H21NOS. The molecule has 2 atom stereocenters. The normalized spacial score (nSPS) is 22.5. The van der Waals surface area contributed by atoms with Crippen LogP contribution in [0.2, 0.25) is 0 Å². The molecule has 2 nitrogen and oxygen atoms in total. The predicted molar refractivity (Wildman–Crippen MR) is 75.8 cm³/mol. The van der Waals surface area contributed by atoms with Crippen molar-refractivity contribution in [2.24, 2.45) is 0 Å². The van der Waals surface area contributed by atoms with E-state index in [1.54, 1.807) is 0 Å². The number of hydrogen-bond acceptors (Lipinski definition) is 3. The smallest absolute Gasteiger partial charge is 0.0807 e. The van der Waals surface area contributed by atoms with Crippen molar-refractivity contribution >= 4 is 17.4 Å². The van der Waals surface area contributed by atoms with E-state index in [9.17, 15) is 5.11 Å². The van der Waals surface area contributed by atoms with Crippen molar-refractivity contribution in [2.75, 3.05) is 23.7 Å².